The highest BCUT2D eigenvalue weighted by Gasteiger charge is 2.45. The predicted molar refractivity (Wildman–Crippen MR) is 95.0 cm³/mol. The molecule has 0 spiro atoms. The highest BCUT2D eigenvalue weighted by atomic mass is 32.4. The van der Waals surface area contributed by atoms with E-state index in [2.05, 4.69) is 44.7 Å². The molecule has 0 amide bonds. The first kappa shape index (κ1) is 20.7. The van der Waals surface area contributed by atoms with Gasteiger partial charge in [0.25, 0.3) is 0 Å². The molecular weight excluding hydrogens is 304 g/mol. The van der Waals surface area contributed by atoms with Crippen LogP contribution >= 0.6 is 11.2 Å². The Bertz CT molecular complexity index is 251. The van der Waals surface area contributed by atoms with Crippen molar-refractivity contribution >= 4 is 27.2 Å². The van der Waals surface area contributed by atoms with Crippen LogP contribution in [0.2, 0.25) is 25.7 Å². The van der Waals surface area contributed by atoms with E-state index in [1.165, 1.54) is 0 Å². The smallest absolute Gasteiger partial charge is 0.374 e. The Morgan fingerprint density at radius 2 is 1.25 bits per heavy atom. The average Bonchev–Trinajstić information content (AvgIpc) is 2.26. The fourth-order valence-electron chi connectivity index (χ4n) is 1.99. The second-order valence-corrected chi connectivity index (χ2v) is 18.7. The average molecular weight is 339 g/mol. The molecule has 122 valence electrons. The van der Waals surface area contributed by atoms with E-state index in [1.54, 1.807) is 0 Å². The molecule has 0 aromatic carbocycles. The zero-order valence-electron chi connectivity index (χ0n) is 14.7. The summed E-state index contributed by atoms with van der Waals surface area (Å²) in [6.45, 7) is 19.8. The Morgan fingerprint density at radius 3 is 1.55 bits per heavy atom. The topological polar surface area (TPSA) is 27.7 Å². The van der Waals surface area contributed by atoms with E-state index < -0.39 is 16.0 Å². The first-order chi connectivity index (χ1) is 9.10. The standard InChI is InChI=1S/C14H34O3SSi2/c1-9-15-20(16-10-2,17-11-3)13-14(4,5)12-18-19(6,7)8/h9-13H2,1-8H3. The molecule has 0 aromatic heterocycles. The van der Waals surface area contributed by atoms with Crippen molar-refractivity contribution in [3.05, 3.63) is 0 Å². The van der Waals surface area contributed by atoms with E-state index in [1.807, 2.05) is 20.8 Å². The summed E-state index contributed by atoms with van der Waals surface area (Å²) in [5, 5.41) is 0. The molecule has 0 aliphatic rings. The summed E-state index contributed by atoms with van der Waals surface area (Å²) in [5.41, 5.74) is 0.177. The molecule has 0 unspecified atom stereocenters. The first-order valence-corrected chi connectivity index (χ1v) is 14.8. The molecule has 0 rings (SSSR count). The van der Waals surface area contributed by atoms with Crippen LogP contribution in [0.4, 0.5) is 0 Å². The van der Waals surface area contributed by atoms with E-state index in [0.29, 0.717) is 19.8 Å². The summed E-state index contributed by atoms with van der Waals surface area (Å²) in [4.78, 5) is 0. The normalized spacial score (nSPS) is 13.8. The Hall–Kier alpha value is 0.664. The van der Waals surface area contributed by atoms with Gasteiger partial charge < -0.3 is 13.3 Å². The molecule has 0 fully saturated rings. The minimum absolute atomic E-state index is 0.177. The molecule has 0 radical (unpaired) electrons. The molecular formula is C14H34O3SSi2. The van der Waals surface area contributed by atoms with Gasteiger partial charge in [0, 0.05) is 25.9 Å². The van der Waals surface area contributed by atoms with Crippen molar-refractivity contribution in [1.29, 1.82) is 0 Å². The minimum atomic E-state index is -2.53. The van der Waals surface area contributed by atoms with E-state index >= 15 is 0 Å². The van der Waals surface area contributed by atoms with Gasteiger partial charge in [0.05, 0.1) is 0 Å². The molecule has 0 bridgehead atoms. The van der Waals surface area contributed by atoms with Crippen molar-refractivity contribution in [3.8, 4) is 0 Å². The molecule has 0 heterocycles. The van der Waals surface area contributed by atoms with Crippen LogP contribution in [0.25, 0.3) is 0 Å². The van der Waals surface area contributed by atoms with Crippen LogP contribution in [-0.4, -0.2) is 41.6 Å². The Balaban J connectivity index is 4.82. The van der Waals surface area contributed by atoms with Crippen LogP contribution in [0.1, 0.15) is 34.6 Å². The van der Waals surface area contributed by atoms with Crippen LogP contribution in [0.3, 0.4) is 0 Å². The lowest BCUT2D eigenvalue weighted by Gasteiger charge is -2.36. The predicted octanol–water partition coefficient (Wildman–Crippen LogP) is 4.63. The lowest BCUT2D eigenvalue weighted by Crippen LogP contribution is -2.49. The maximum Gasteiger partial charge on any atom is 0.501 e. The number of hydrogen-bond donors (Lipinski definition) is 0. The molecule has 3 nitrogen and oxygen atoms in total. The minimum Gasteiger partial charge on any atom is -0.374 e. The third kappa shape index (κ3) is 8.84. The lowest BCUT2D eigenvalue weighted by atomic mass is 10.00. The number of rotatable bonds is 11. The van der Waals surface area contributed by atoms with Crippen LogP contribution in [0.5, 0.6) is 0 Å². The van der Waals surface area contributed by atoms with Crippen molar-refractivity contribution in [2.75, 3.05) is 25.6 Å². The van der Waals surface area contributed by atoms with E-state index in [9.17, 15) is 0 Å². The van der Waals surface area contributed by atoms with E-state index in [4.69, 9.17) is 13.3 Å². The molecule has 0 atom stereocenters. The van der Waals surface area contributed by atoms with Gasteiger partial charge in [-0.15, -0.1) is 0 Å². The second kappa shape index (κ2) is 8.95. The van der Waals surface area contributed by atoms with Gasteiger partial charge in [-0.25, -0.2) is 0 Å². The summed E-state index contributed by atoms with van der Waals surface area (Å²) in [6.07, 6.45) is 0. The monoisotopic (exact) mass is 338 g/mol. The van der Waals surface area contributed by atoms with Crippen molar-refractivity contribution < 1.29 is 13.3 Å². The highest BCUT2D eigenvalue weighted by Crippen LogP contribution is 2.36. The Kier molecular flexibility index (Phi) is 9.25. The summed E-state index contributed by atoms with van der Waals surface area (Å²) in [7, 11) is -3.61. The fourth-order valence-corrected chi connectivity index (χ4v) is 8.74. The maximum absolute atomic E-state index is 5.97. The SMILES string of the molecule is CCO[Si](CC(C)(C)CS[Si](C)(C)C)(OCC)OCC. The molecule has 0 aromatic rings. The van der Waals surface area contributed by atoms with Crippen molar-refractivity contribution in [3.63, 3.8) is 0 Å². The number of hydrogen-bond acceptors (Lipinski definition) is 4. The van der Waals surface area contributed by atoms with Gasteiger partial charge in [-0.05, 0) is 31.9 Å². The van der Waals surface area contributed by atoms with Crippen LogP contribution in [-0.2, 0) is 13.3 Å². The summed E-state index contributed by atoms with van der Waals surface area (Å²) in [6, 6.07) is 0.896. The second-order valence-electron chi connectivity index (χ2n) is 6.72. The molecule has 20 heavy (non-hydrogen) atoms. The largest absolute Gasteiger partial charge is 0.501 e. The Morgan fingerprint density at radius 1 is 0.850 bits per heavy atom. The van der Waals surface area contributed by atoms with Crippen LogP contribution < -0.4 is 0 Å². The molecule has 0 aliphatic carbocycles. The van der Waals surface area contributed by atoms with E-state index in [0.717, 1.165) is 11.8 Å². The lowest BCUT2D eigenvalue weighted by molar-refractivity contribution is 0.0633. The first-order valence-electron chi connectivity index (χ1n) is 7.65. The van der Waals surface area contributed by atoms with Gasteiger partial charge in [0.15, 0.2) is 0 Å². The van der Waals surface area contributed by atoms with Crippen molar-refractivity contribution in [2.24, 2.45) is 5.41 Å². The third-order valence-corrected chi connectivity index (χ3v) is 11.1. The van der Waals surface area contributed by atoms with E-state index in [-0.39, 0.29) is 5.41 Å². The van der Waals surface area contributed by atoms with Crippen LogP contribution in [0, 0.1) is 5.41 Å². The maximum atomic E-state index is 5.97. The zero-order chi connectivity index (χ0) is 15.9. The highest BCUT2D eigenvalue weighted by molar-refractivity contribution is 8.28. The quantitative estimate of drug-likeness (QED) is 0.513. The van der Waals surface area contributed by atoms with Gasteiger partial charge >= 0.3 is 8.80 Å². The van der Waals surface area contributed by atoms with Crippen molar-refractivity contribution in [2.45, 2.75) is 60.3 Å². The van der Waals surface area contributed by atoms with Gasteiger partial charge in [-0.3, -0.25) is 0 Å². The zero-order valence-corrected chi connectivity index (χ0v) is 17.5. The molecule has 6 heteroatoms. The Labute approximate surface area is 132 Å². The van der Waals surface area contributed by atoms with Gasteiger partial charge in [0.2, 0.25) is 0 Å². The summed E-state index contributed by atoms with van der Waals surface area (Å²) in [5.74, 6) is 1.14. The molecule has 0 saturated heterocycles. The molecule has 0 saturated carbocycles. The van der Waals surface area contributed by atoms with Crippen LogP contribution in [0.15, 0.2) is 0 Å². The fraction of sp³-hybridized carbons (Fsp3) is 1.00. The summed E-state index contributed by atoms with van der Waals surface area (Å²) < 4.78 is 17.9. The molecule has 0 N–H and O–H groups in total. The van der Waals surface area contributed by atoms with Gasteiger partial charge in [-0.2, -0.15) is 11.2 Å². The van der Waals surface area contributed by atoms with Gasteiger partial charge in [-0.1, -0.05) is 33.5 Å². The molecule has 0 aliphatic heterocycles. The van der Waals surface area contributed by atoms with Crippen molar-refractivity contribution in [1.82, 2.24) is 0 Å². The van der Waals surface area contributed by atoms with Gasteiger partial charge in [0.1, 0.15) is 7.22 Å². The summed E-state index contributed by atoms with van der Waals surface area (Å²) >= 11 is 2.13. The third-order valence-electron chi connectivity index (χ3n) is 2.68.